The lowest BCUT2D eigenvalue weighted by molar-refractivity contribution is 0.0489. The minimum Gasteiger partial charge on any atom is -0.396 e. The number of aliphatic hydroxyl groups is 1. The first-order valence-electron chi connectivity index (χ1n) is 5.37. The van der Waals surface area contributed by atoms with E-state index in [1.54, 1.807) is 7.11 Å². The number of ether oxygens (including phenoxy) is 1. The molecule has 80 valence electrons. The fraction of sp³-hybridized carbons (Fsp3) is 0.833. The van der Waals surface area contributed by atoms with Crippen molar-refractivity contribution in [3.63, 3.8) is 0 Å². The third-order valence-electron chi connectivity index (χ3n) is 4.48. The Morgan fingerprint density at radius 3 is 2.64 bits per heavy atom. The van der Waals surface area contributed by atoms with Gasteiger partial charge in [0.05, 0.1) is 6.10 Å². The van der Waals surface area contributed by atoms with Gasteiger partial charge in [-0.2, -0.15) is 0 Å². The molecule has 14 heavy (non-hydrogen) atoms. The molecule has 0 aromatic carbocycles. The quantitative estimate of drug-likeness (QED) is 0.683. The predicted molar refractivity (Wildman–Crippen MR) is 55.9 cm³/mol. The number of rotatable bonds is 2. The third kappa shape index (κ3) is 1.04. The van der Waals surface area contributed by atoms with Crippen LogP contribution in [-0.2, 0) is 4.74 Å². The third-order valence-corrected chi connectivity index (χ3v) is 4.48. The van der Waals surface area contributed by atoms with Gasteiger partial charge in [-0.1, -0.05) is 26.0 Å². The Kier molecular flexibility index (Phi) is 2.24. The minimum absolute atomic E-state index is 0.191. The van der Waals surface area contributed by atoms with Gasteiger partial charge in [-0.25, -0.2) is 0 Å². The van der Waals surface area contributed by atoms with Gasteiger partial charge in [0.15, 0.2) is 0 Å². The smallest absolute Gasteiger partial charge is 0.0676 e. The van der Waals surface area contributed by atoms with Crippen LogP contribution in [0.1, 0.15) is 20.3 Å². The first-order chi connectivity index (χ1) is 6.54. The van der Waals surface area contributed by atoms with Crippen molar-refractivity contribution in [2.75, 3.05) is 13.7 Å². The zero-order chi connectivity index (χ0) is 10.5. The van der Waals surface area contributed by atoms with Gasteiger partial charge in [0, 0.05) is 19.6 Å². The second kappa shape index (κ2) is 3.07. The van der Waals surface area contributed by atoms with Gasteiger partial charge in [-0.15, -0.1) is 0 Å². The lowest BCUT2D eigenvalue weighted by Crippen LogP contribution is -2.28. The van der Waals surface area contributed by atoms with E-state index in [0.717, 1.165) is 6.42 Å². The topological polar surface area (TPSA) is 29.5 Å². The Morgan fingerprint density at radius 2 is 2.21 bits per heavy atom. The molecule has 4 unspecified atom stereocenters. The van der Waals surface area contributed by atoms with Crippen LogP contribution in [0.15, 0.2) is 12.2 Å². The summed E-state index contributed by atoms with van der Waals surface area (Å²) in [6.45, 7) is 8.97. The summed E-state index contributed by atoms with van der Waals surface area (Å²) in [5, 5.41) is 9.29. The monoisotopic (exact) mass is 196 g/mol. The Labute approximate surface area is 86.0 Å². The molecule has 0 radical (unpaired) electrons. The molecule has 0 aromatic rings. The molecular weight excluding hydrogens is 176 g/mol. The molecular formula is C12H20O2. The van der Waals surface area contributed by atoms with Crippen LogP contribution in [0.3, 0.4) is 0 Å². The molecule has 2 rings (SSSR count). The largest absolute Gasteiger partial charge is 0.396 e. The molecule has 2 saturated carbocycles. The lowest BCUT2D eigenvalue weighted by atomic mass is 9.70. The second-order valence-corrected chi connectivity index (χ2v) is 5.26. The van der Waals surface area contributed by atoms with Crippen molar-refractivity contribution in [1.82, 2.24) is 0 Å². The summed E-state index contributed by atoms with van der Waals surface area (Å²) in [6, 6.07) is 0. The van der Waals surface area contributed by atoms with E-state index in [-0.39, 0.29) is 18.1 Å². The Hall–Kier alpha value is -0.340. The molecule has 2 aliphatic carbocycles. The summed E-state index contributed by atoms with van der Waals surface area (Å²) in [5.74, 6) is 1.30. The number of fused-ring (bicyclic) bond motifs is 2. The number of aliphatic hydroxyl groups excluding tert-OH is 1. The zero-order valence-electron chi connectivity index (χ0n) is 9.29. The van der Waals surface area contributed by atoms with Crippen molar-refractivity contribution < 1.29 is 9.84 Å². The molecule has 2 bridgehead atoms. The van der Waals surface area contributed by atoms with E-state index in [9.17, 15) is 5.11 Å². The van der Waals surface area contributed by atoms with Gasteiger partial charge in [0.2, 0.25) is 0 Å². The molecule has 0 spiro atoms. The summed E-state index contributed by atoms with van der Waals surface area (Å²) in [7, 11) is 1.78. The number of hydrogen-bond donors (Lipinski definition) is 1. The molecule has 2 heteroatoms. The normalized spacial score (nSPS) is 44.7. The highest BCUT2D eigenvalue weighted by molar-refractivity contribution is 5.28. The summed E-state index contributed by atoms with van der Waals surface area (Å²) >= 11 is 0. The second-order valence-electron chi connectivity index (χ2n) is 5.26. The van der Waals surface area contributed by atoms with Crippen LogP contribution in [0.2, 0.25) is 0 Å². The Bertz CT molecular complexity index is 257. The van der Waals surface area contributed by atoms with E-state index < -0.39 is 0 Å². The molecule has 0 aliphatic heterocycles. The fourth-order valence-corrected chi connectivity index (χ4v) is 3.48. The van der Waals surface area contributed by atoms with Crippen LogP contribution in [0.25, 0.3) is 0 Å². The van der Waals surface area contributed by atoms with Crippen LogP contribution in [0.4, 0.5) is 0 Å². The molecule has 0 saturated heterocycles. The molecule has 2 fully saturated rings. The average molecular weight is 196 g/mol. The van der Waals surface area contributed by atoms with Crippen LogP contribution >= 0.6 is 0 Å². The average Bonchev–Trinajstić information content (AvgIpc) is 2.60. The van der Waals surface area contributed by atoms with E-state index in [2.05, 4.69) is 20.4 Å². The molecule has 0 amide bonds. The minimum atomic E-state index is 0.191. The highest BCUT2D eigenvalue weighted by atomic mass is 16.5. The van der Waals surface area contributed by atoms with Gasteiger partial charge in [0.25, 0.3) is 0 Å². The Balaban J connectivity index is 2.32. The maximum atomic E-state index is 9.29. The van der Waals surface area contributed by atoms with Gasteiger partial charge >= 0.3 is 0 Å². The van der Waals surface area contributed by atoms with E-state index in [0.29, 0.717) is 17.8 Å². The highest BCUT2D eigenvalue weighted by Gasteiger charge is 2.59. The lowest BCUT2D eigenvalue weighted by Gasteiger charge is -2.34. The van der Waals surface area contributed by atoms with Gasteiger partial charge in [-0.3, -0.25) is 0 Å². The van der Waals surface area contributed by atoms with Crippen LogP contribution in [0.5, 0.6) is 0 Å². The van der Waals surface area contributed by atoms with Crippen molar-refractivity contribution in [2.45, 2.75) is 26.4 Å². The summed E-state index contributed by atoms with van der Waals surface area (Å²) < 4.78 is 5.56. The van der Waals surface area contributed by atoms with Crippen LogP contribution in [-0.4, -0.2) is 24.9 Å². The van der Waals surface area contributed by atoms with Crippen LogP contribution < -0.4 is 0 Å². The first-order valence-corrected chi connectivity index (χ1v) is 5.37. The molecule has 4 atom stereocenters. The fourth-order valence-electron chi connectivity index (χ4n) is 3.48. The zero-order valence-corrected chi connectivity index (χ0v) is 9.29. The molecule has 1 N–H and O–H groups in total. The number of methoxy groups -OCH3 is 1. The SMILES string of the molecule is C=C1C2C(CO)CC(C2OC)C1(C)C. The van der Waals surface area contributed by atoms with Gasteiger partial charge < -0.3 is 9.84 Å². The highest BCUT2D eigenvalue weighted by Crippen LogP contribution is 2.61. The first kappa shape index (κ1) is 10.2. The predicted octanol–water partition coefficient (Wildman–Crippen LogP) is 1.84. The van der Waals surface area contributed by atoms with E-state index in [1.807, 2.05) is 0 Å². The van der Waals surface area contributed by atoms with Crippen molar-refractivity contribution in [3.05, 3.63) is 12.2 Å². The summed E-state index contributed by atoms with van der Waals surface area (Å²) in [5.41, 5.74) is 1.47. The van der Waals surface area contributed by atoms with Gasteiger partial charge in [-0.05, 0) is 23.7 Å². The van der Waals surface area contributed by atoms with Crippen molar-refractivity contribution in [2.24, 2.45) is 23.2 Å². The van der Waals surface area contributed by atoms with Crippen molar-refractivity contribution in [3.8, 4) is 0 Å². The Morgan fingerprint density at radius 1 is 1.57 bits per heavy atom. The van der Waals surface area contributed by atoms with Crippen molar-refractivity contribution >= 4 is 0 Å². The molecule has 2 aliphatic rings. The van der Waals surface area contributed by atoms with Gasteiger partial charge in [0.1, 0.15) is 0 Å². The molecule has 2 nitrogen and oxygen atoms in total. The van der Waals surface area contributed by atoms with Crippen molar-refractivity contribution in [1.29, 1.82) is 0 Å². The maximum Gasteiger partial charge on any atom is 0.0676 e. The standard InChI is InChI=1S/C12H20O2/c1-7-10-8(6-13)5-9(11(10)14-4)12(7,2)3/h8-11,13H,1,5-6H2,2-4H3. The summed E-state index contributed by atoms with van der Waals surface area (Å²) in [4.78, 5) is 0. The van der Waals surface area contributed by atoms with E-state index in [1.165, 1.54) is 5.57 Å². The van der Waals surface area contributed by atoms with E-state index >= 15 is 0 Å². The summed E-state index contributed by atoms with van der Waals surface area (Å²) in [6.07, 6.45) is 1.38. The molecule has 0 heterocycles. The maximum absolute atomic E-state index is 9.29. The number of hydrogen-bond acceptors (Lipinski definition) is 2. The van der Waals surface area contributed by atoms with E-state index in [4.69, 9.17) is 4.74 Å². The molecule has 0 aromatic heterocycles. The van der Waals surface area contributed by atoms with Crippen LogP contribution in [0, 0.1) is 23.2 Å².